The monoisotopic (exact) mass is 259 g/mol. The molecule has 2 aromatic rings. The van der Waals surface area contributed by atoms with Gasteiger partial charge < -0.3 is 10.6 Å². The summed E-state index contributed by atoms with van der Waals surface area (Å²) < 4.78 is 1.73. The lowest BCUT2D eigenvalue weighted by molar-refractivity contribution is 0.241. The molecule has 0 fully saturated rings. The van der Waals surface area contributed by atoms with E-state index in [1.807, 2.05) is 32.3 Å². The van der Waals surface area contributed by atoms with Gasteiger partial charge in [0, 0.05) is 38.1 Å². The zero-order valence-corrected chi connectivity index (χ0v) is 11.1. The fourth-order valence-electron chi connectivity index (χ4n) is 1.78. The quantitative estimate of drug-likeness (QED) is 0.869. The van der Waals surface area contributed by atoms with Gasteiger partial charge in [0.05, 0.1) is 11.9 Å². The predicted octanol–water partition coefficient (Wildman–Crippen LogP) is 1.30. The molecule has 0 saturated carbocycles. The third-order valence-corrected chi connectivity index (χ3v) is 2.65. The van der Waals surface area contributed by atoms with Crippen LogP contribution < -0.4 is 10.6 Å². The molecule has 2 amide bonds. The van der Waals surface area contributed by atoms with Crippen molar-refractivity contribution in [3.63, 3.8) is 0 Å². The van der Waals surface area contributed by atoms with E-state index in [4.69, 9.17) is 0 Å². The summed E-state index contributed by atoms with van der Waals surface area (Å²) in [6, 6.07) is 3.62. The highest BCUT2D eigenvalue weighted by atomic mass is 16.2. The van der Waals surface area contributed by atoms with Gasteiger partial charge in [-0.25, -0.2) is 4.79 Å². The average molecular weight is 259 g/mol. The van der Waals surface area contributed by atoms with Crippen LogP contribution in [0.4, 0.5) is 4.79 Å². The maximum atomic E-state index is 11.4. The minimum absolute atomic E-state index is 0.177. The van der Waals surface area contributed by atoms with Crippen molar-refractivity contribution in [1.29, 1.82) is 0 Å². The van der Waals surface area contributed by atoms with Crippen LogP contribution in [0.25, 0.3) is 11.3 Å². The van der Waals surface area contributed by atoms with Crippen LogP contribution in [0.3, 0.4) is 0 Å². The van der Waals surface area contributed by atoms with Crippen LogP contribution in [0.2, 0.25) is 0 Å². The number of pyridine rings is 1. The van der Waals surface area contributed by atoms with Crippen LogP contribution >= 0.6 is 0 Å². The molecule has 6 nitrogen and oxygen atoms in total. The molecule has 100 valence electrons. The summed E-state index contributed by atoms with van der Waals surface area (Å²) in [7, 11) is 1.86. The molecular weight excluding hydrogens is 242 g/mol. The van der Waals surface area contributed by atoms with Crippen LogP contribution in [-0.4, -0.2) is 27.3 Å². The van der Waals surface area contributed by atoms with Gasteiger partial charge in [0.2, 0.25) is 0 Å². The zero-order chi connectivity index (χ0) is 13.7. The Hall–Kier alpha value is -2.37. The number of aromatic nitrogens is 3. The van der Waals surface area contributed by atoms with E-state index >= 15 is 0 Å². The Morgan fingerprint density at radius 3 is 2.95 bits per heavy atom. The molecule has 0 aliphatic heterocycles. The van der Waals surface area contributed by atoms with Gasteiger partial charge in [-0.15, -0.1) is 0 Å². The van der Waals surface area contributed by atoms with Gasteiger partial charge in [0.25, 0.3) is 0 Å². The number of hydrogen-bond acceptors (Lipinski definition) is 3. The molecule has 2 rings (SSSR count). The number of carbonyl (C=O) groups is 1. The van der Waals surface area contributed by atoms with Crippen molar-refractivity contribution in [3.8, 4) is 11.3 Å². The molecule has 0 unspecified atom stereocenters. The summed E-state index contributed by atoms with van der Waals surface area (Å²) in [5.74, 6) is 0. The molecule has 2 N–H and O–H groups in total. The SMILES string of the molecule is CCNC(=O)NCc1cccnc1-c1cnn(C)c1. The maximum absolute atomic E-state index is 11.4. The van der Waals surface area contributed by atoms with E-state index in [1.54, 1.807) is 17.1 Å². The van der Waals surface area contributed by atoms with Gasteiger partial charge in [0.1, 0.15) is 0 Å². The summed E-state index contributed by atoms with van der Waals surface area (Å²) in [6.07, 6.45) is 5.40. The number of hydrogen-bond donors (Lipinski definition) is 2. The average Bonchev–Trinajstić information content (AvgIpc) is 2.84. The second-order valence-corrected chi connectivity index (χ2v) is 4.13. The van der Waals surface area contributed by atoms with Crippen LogP contribution in [0, 0.1) is 0 Å². The van der Waals surface area contributed by atoms with Crippen molar-refractivity contribution in [2.45, 2.75) is 13.5 Å². The number of carbonyl (C=O) groups excluding carboxylic acids is 1. The third-order valence-electron chi connectivity index (χ3n) is 2.65. The second kappa shape index (κ2) is 5.99. The van der Waals surface area contributed by atoms with Crippen molar-refractivity contribution >= 4 is 6.03 Å². The highest BCUT2D eigenvalue weighted by Crippen LogP contribution is 2.19. The van der Waals surface area contributed by atoms with Gasteiger partial charge in [-0.1, -0.05) is 6.07 Å². The molecule has 0 atom stereocenters. The number of aryl methyl sites for hydroxylation is 1. The fourth-order valence-corrected chi connectivity index (χ4v) is 1.78. The molecule has 2 aromatic heterocycles. The molecule has 0 bridgehead atoms. The highest BCUT2D eigenvalue weighted by Gasteiger charge is 2.08. The standard InChI is InChI=1S/C13H17N5O/c1-3-14-13(19)16-7-10-5-4-6-15-12(10)11-8-17-18(2)9-11/h4-6,8-9H,3,7H2,1-2H3,(H2,14,16,19). The minimum atomic E-state index is -0.177. The van der Waals surface area contributed by atoms with E-state index in [1.165, 1.54) is 0 Å². The van der Waals surface area contributed by atoms with Crippen molar-refractivity contribution < 1.29 is 4.79 Å². The lowest BCUT2D eigenvalue weighted by atomic mass is 10.1. The largest absolute Gasteiger partial charge is 0.338 e. The van der Waals surface area contributed by atoms with Gasteiger partial charge in [-0.05, 0) is 18.6 Å². The molecule has 0 aromatic carbocycles. The van der Waals surface area contributed by atoms with Crippen LogP contribution in [0.15, 0.2) is 30.7 Å². The predicted molar refractivity (Wildman–Crippen MR) is 72.4 cm³/mol. The Balaban J connectivity index is 2.15. The number of urea groups is 1. The van der Waals surface area contributed by atoms with Crippen molar-refractivity contribution in [2.75, 3.05) is 6.54 Å². The fraction of sp³-hybridized carbons (Fsp3) is 0.308. The molecule has 0 radical (unpaired) electrons. The Kier molecular flexibility index (Phi) is 4.12. The van der Waals surface area contributed by atoms with E-state index in [0.717, 1.165) is 16.8 Å². The first-order valence-electron chi connectivity index (χ1n) is 6.15. The van der Waals surface area contributed by atoms with Crippen LogP contribution in [-0.2, 0) is 13.6 Å². The molecule has 0 spiro atoms. The topological polar surface area (TPSA) is 71.8 Å². The first-order chi connectivity index (χ1) is 9.20. The lowest BCUT2D eigenvalue weighted by Crippen LogP contribution is -2.34. The van der Waals surface area contributed by atoms with E-state index in [2.05, 4.69) is 20.7 Å². The normalized spacial score (nSPS) is 10.2. The van der Waals surface area contributed by atoms with Crippen LogP contribution in [0.1, 0.15) is 12.5 Å². The lowest BCUT2D eigenvalue weighted by Gasteiger charge is -2.08. The summed E-state index contributed by atoms with van der Waals surface area (Å²) in [5.41, 5.74) is 2.74. The number of nitrogens with one attached hydrogen (secondary N) is 2. The maximum Gasteiger partial charge on any atom is 0.315 e. The Labute approximate surface area is 111 Å². The molecule has 0 saturated heterocycles. The van der Waals surface area contributed by atoms with Crippen molar-refractivity contribution in [1.82, 2.24) is 25.4 Å². The molecular formula is C13H17N5O. The van der Waals surface area contributed by atoms with Crippen molar-refractivity contribution in [2.24, 2.45) is 7.05 Å². The van der Waals surface area contributed by atoms with Gasteiger partial charge >= 0.3 is 6.03 Å². The second-order valence-electron chi connectivity index (χ2n) is 4.13. The minimum Gasteiger partial charge on any atom is -0.338 e. The highest BCUT2D eigenvalue weighted by molar-refractivity contribution is 5.74. The zero-order valence-electron chi connectivity index (χ0n) is 11.1. The number of amides is 2. The number of rotatable bonds is 4. The molecule has 2 heterocycles. The van der Waals surface area contributed by atoms with E-state index in [0.29, 0.717) is 13.1 Å². The Bertz CT molecular complexity index is 564. The van der Waals surface area contributed by atoms with E-state index in [-0.39, 0.29) is 6.03 Å². The third kappa shape index (κ3) is 3.31. The smallest absolute Gasteiger partial charge is 0.315 e. The van der Waals surface area contributed by atoms with Gasteiger partial charge in [-0.3, -0.25) is 9.67 Å². The van der Waals surface area contributed by atoms with E-state index < -0.39 is 0 Å². The molecule has 0 aliphatic rings. The van der Waals surface area contributed by atoms with Gasteiger partial charge in [-0.2, -0.15) is 5.10 Å². The summed E-state index contributed by atoms with van der Waals surface area (Å²) >= 11 is 0. The van der Waals surface area contributed by atoms with Crippen LogP contribution in [0.5, 0.6) is 0 Å². The summed E-state index contributed by atoms with van der Waals surface area (Å²) in [6.45, 7) is 2.92. The molecule has 6 heteroatoms. The molecule has 19 heavy (non-hydrogen) atoms. The Morgan fingerprint density at radius 2 is 2.26 bits per heavy atom. The summed E-state index contributed by atoms with van der Waals surface area (Å²) in [5, 5.41) is 9.63. The first-order valence-corrected chi connectivity index (χ1v) is 6.15. The van der Waals surface area contributed by atoms with Gasteiger partial charge in [0.15, 0.2) is 0 Å². The first kappa shape index (κ1) is 13.1. The van der Waals surface area contributed by atoms with E-state index in [9.17, 15) is 4.79 Å². The Morgan fingerprint density at radius 1 is 1.42 bits per heavy atom. The molecule has 0 aliphatic carbocycles. The van der Waals surface area contributed by atoms with Crippen molar-refractivity contribution in [3.05, 3.63) is 36.3 Å². The number of nitrogens with zero attached hydrogens (tertiary/aromatic N) is 3. The summed E-state index contributed by atoms with van der Waals surface area (Å²) in [4.78, 5) is 15.8.